The zero-order valence-electron chi connectivity index (χ0n) is 23.8. The Bertz CT molecular complexity index is 1820. The maximum atomic E-state index is 12.8. The number of quaternary nitrogens is 1. The molecule has 2 aliphatic rings. The molecule has 0 spiro atoms. The molecule has 10 nitrogen and oxygen atoms in total. The first kappa shape index (κ1) is 30.7. The van der Waals surface area contributed by atoms with Crippen molar-refractivity contribution in [2.75, 3.05) is 44.2 Å². The summed E-state index contributed by atoms with van der Waals surface area (Å²) in [4.78, 5) is 1.39. The van der Waals surface area contributed by atoms with Gasteiger partial charge in [0, 0.05) is 53.0 Å². The van der Waals surface area contributed by atoms with Gasteiger partial charge >= 0.3 is 0 Å². The lowest BCUT2D eigenvalue weighted by Crippen LogP contribution is -2.54. The summed E-state index contributed by atoms with van der Waals surface area (Å²) in [5, 5.41) is 1.57. The fraction of sp³-hybridized carbons (Fsp3) is 0.345. The molecule has 2 aromatic carbocycles. The molecule has 0 radical (unpaired) electrons. The van der Waals surface area contributed by atoms with Crippen molar-refractivity contribution in [2.24, 2.45) is 0 Å². The van der Waals surface area contributed by atoms with E-state index in [9.17, 15) is 21.4 Å². The molecule has 4 rings (SSSR count). The van der Waals surface area contributed by atoms with Crippen molar-refractivity contribution >= 4 is 36.8 Å². The van der Waals surface area contributed by atoms with Gasteiger partial charge in [-0.3, -0.25) is 4.55 Å². The average Bonchev–Trinajstić information content (AvgIpc) is 2.95. The van der Waals surface area contributed by atoms with E-state index in [0.29, 0.717) is 34.4 Å². The molecule has 0 unspecified atom stereocenters. The molecule has 1 heterocycles. The summed E-state index contributed by atoms with van der Waals surface area (Å²) in [5.74, 6) is 0.531. The maximum Gasteiger partial charge on any atom is 0.295 e. The molecule has 1 aliphatic carbocycles. The van der Waals surface area contributed by atoms with Crippen molar-refractivity contribution in [1.82, 2.24) is 9.30 Å². The van der Waals surface area contributed by atoms with Gasteiger partial charge in [-0.25, -0.2) is 17.7 Å². The Morgan fingerprint density at radius 1 is 0.902 bits per heavy atom. The third-order valence-electron chi connectivity index (χ3n) is 7.23. The van der Waals surface area contributed by atoms with Gasteiger partial charge < -0.3 is 15.1 Å². The van der Waals surface area contributed by atoms with Crippen molar-refractivity contribution < 1.29 is 31.5 Å². The lowest BCUT2D eigenvalue weighted by atomic mass is 9.93. The van der Waals surface area contributed by atoms with E-state index in [1.807, 2.05) is 36.4 Å². The third-order valence-corrected chi connectivity index (χ3v) is 9.58. The number of hydrogen-bond acceptors (Lipinski definition) is 6. The number of nitrogens with zero attached hydrogens (tertiary/aromatic N) is 2. The highest BCUT2D eigenvalue weighted by molar-refractivity contribution is 7.89. The topological polar surface area (TPSA) is 148 Å². The van der Waals surface area contributed by atoms with Gasteiger partial charge in [-0.2, -0.15) is 8.42 Å². The van der Waals surface area contributed by atoms with Crippen LogP contribution < -0.4 is 25.3 Å². The average molecular weight is 603 g/mol. The largest absolute Gasteiger partial charge is 0.456 e. The molecule has 1 aliphatic heterocycles. The molecule has 5 N–H and O–H groups in total. The second kappa shape index (κ2) is 12.3. The first-order chi connectivity index (χ1) is 19.5. The smallest absolute Gasteiger partial charge is 0.295 e. The van der Waals surface area contributed by atoms with Crippen LogP contribution in [0.1, 0.15) is 27.7 Å². The van der Waals surface area contributed by atoms with Gasteiger partial charge in [0.1, 0.15) is 29.3 Å². The van der Waals surface area contributed by atoms with E-state index < -0.39 is 25.0 Å². The van der Waals surface area contributed by atoms with Crippen LogP contribution in [0.3, 0.4) is 0 Å². The Balaban J connectivity index is 2.13. The lowest BCUT2D eigenvalue weighted by Gasteiger charge is -2.22. The molecular formula is C29H38N4O6S2+2. The molecule has 0 aromatic heterocycles. The first-order valence-electron chi connectivity index (χ1n) is 13.7. The highest BCUT2D eigenvalue weighted by atomic mass is 32.2. The van der Waals surface area contributed by atoms with E-state index in [1.165, 1.54) is 12.1 Å². The minimum absolute atomic E-state index is 0.0878. The quantitative estimate of drug-likeness (QED) is 0.136. The second-order valence-corrected chi connectivity index (χ2v) is 12.7. The minimum atomic E-state index is -4.83. The maximum absolute atomic E-state index is 12.8. The van der Waals surface area contributed by atoms with Crippen molar-refractivity contribution in [1.29, 1.82) is 0 Å². The third kappa shape index (κ3) is 6.16. The van der Waals surface area contributed by atoms with Crippen LogP contribution in [0.25, 0.3) is 33.4 Å². The Morgan fingerprint density at radius 2 is 1.59 bits per heavy atom. The molecule has 0 fully saturated rings. The number of sulfonamides is 1. The van der Waals surface area contributed by atoms with Gasteiger partial charge in [0.2, 0.25) is 15.4 Å². The summed E-state index contributed by atoms with van der Waals surface area (Å²) in [6.45, 7) is 11.8. The van der Waals surface area contributed by atoms with Crippen LogP contribution in [0.2, 0.25) is 0 Å². The van der Waals surface area contributed by atoms with E-state index in [0.717, 1.165) is 43.3 Å². The summed E-state index contributed by atoms with van der Waals surface area (Å²) in [6, 6.07) is 15.2. The number of fused-ring (bicyclic) bond motifs is 2. The summed E-state index contributed by atoms with van der Waals surface area (Å²) < 4.78 is 72.4. The van der Waals surface area contributed by atoms with Gasteiger partial charge in [0.15, 0.2) is 0 Å². The SMILES string of the molecule is CCN(CC)c1ccc2c(-c3ccc(S(=O)(=O)NCC[NH3+])cc3S(=O)(=O)O)c3ccc(=[N+](CC)CC)cc-3oc2c1. The molecule has 220 valence electrons. The Morgan fingerprint density at radius 3 is 2.20 bits per heavy atom. The molecular weight excluding hydrogens is 564 g/mol. The van der Waals surface area contributed by atoms with Crippen LogP contribution >= 0.6 is 0 Å². The highest BCUT2D eigenvalue weighted by Gasteiger charge is 2.27. The number of nitrogens with one attached hydrogen (secondary N) is 1. The van der Waals surface area contributed by atoms with E-state index in [2.05, 4.69) is 47.6 Å². The summed E-state index contributed by atoms with van der Waals surface area (Å²) >= 11 is 0. The number of rotatable bonds is 11. The van der Waals surface area contributed by atoms with Crippen molar-refractivity contribution in [2.45, 2.75) is 37.5 Å². The zero-order chi connectivity index (χ0) is 29.9. The van der Waals surface area contributed by atoms with Gasteiger partial charge in [0.25, 0.3) is 10.1 Å². The molecule has 0 amide bonds. The monoisotopic (exact) mass is 602 g/mol. The van der Waals surface area contributed by atoms with E-state index in [4.69, 9.17) is 4.42 Å². The van der Waals surface area contributed by atoms with Crippen LogP contribution in [-0.4, -0.2) is 60.7 Å². The summed E-state index contributed by atoms with van der Waals surface area (Å²) in [6.07, 6.45) is 0. The van der Waals surface area contributed by atoms with Crippen LogP contribution in [-0.2, 0) is 20.1 Å². The van der Waals surface area contributed by atoms with Crippen LogP contribution in [0.15, 0.2) is 68.8 Å². The molecule has 0 saturated heterocycles. The van der Waals surface area contributed by atoms with E-state index in [1.54, 1.807) is 0 Å². The predicted octanol–water partition coefficient (Wildman–Crippen LogP) is 2.63. The van der Waals surface area contributed by atoms with Crippen molar-refractivity contribution in [3.05, 3.63) is 60.0 Å². The van der Waals surface area contributed by atoms with Crippen LogP contribution in [0.5, 0.6) is 0 Å². The minimum Gasteiger partial charge on any atom is -0.456 e. The van der Waals surface area contributed by atoms with Gasteiger partial charge in [-0.05, 0) is 58.0 Å². The van der Waals surface area contributed by atoms with Crippen LogP contribution in [0.4, 0.5) is 5.69 Å². The Kier molecular flexibility index (Phi) is 9.19. The van der Waals surface area contributed by atoms with Crippen molar-refractivity contribution in [3.8, 4) is 22.5 Å². The molecule has 0 bridgehead atoms. The zero-order valence-corrected chi connectivity index (χ0v) is 25.5. The predicted molar refractivity (Wildman–Crippen MR) is 161 cm³/mol. The summed E-state index contributed by atoms with van der Waals surface area (Å²) in [7, 11) is -8.86. The standard InChI is InChI=1S/C29H36N4O6S2/c1-5-32(6-2)20-9-12-23-26(17-20)39-27-18-21(33(7-3)8-4)10-13-24(27)29(23)25-14-11-22(19-28(25)41(36,37)38)40(34,35)31-16-15-30/h9-14,17-19,31H,5-8,15-16,30H2,1-4H3/p+2. The first-order valence-corrected chi connectivity index (χ1v) is 16.7. The Labute approximate surface area is 241 Å². The molecule has 0 saturated carbocycles. The van der Waals surface area contributed by atoms with Crippen molar-refractivity contribution in [3.63, 3.8) is 0 Å². The highest BCUT2D eigenvalue weighted by Crippen LogP contribution is 2.43. The molecule has 12 heteroatoms. The van der Waals surface area contributed by atoms with Crippen LogP contribution in [0, 0.1) is 0 Å². The lowest BCUT2D eigenvalue weighted by molar-refractivity contribution is -0.364. The summed E-state index contributed by atoms with van der Waals surface area (Å²) in [5.41, 5.74) is 6.41. The number of benzene rings is 3. The Hall–Kier alpha value is -3.29. The molecule has 41 heavy (non-hydrogen) atoms. The fourth-order valence-corrected chi connectivity index (χ4v) is 7.01. The number of anilines is 1. The molecule has 2 aromatic rings. The molecule has 0 atom stereocenters. The second-order valence-electron chi connectivity index (χ2n) is 9.57. The van der Waals surface area contributed by atoms with Gasteiger partial charge in [-0.1, -0.05) is 6.07 Å². The normalized spacial score (nSPS) is 12.2. The van der Waals surface area contributed by atoms with Gasteiger partial charge in [-0.15, -0.1) is 0 Å². The van der Waals surface area contributed by atoms with Gasteiger partial charge in [0.05, 0.1) is 24.1 Å². The fourth-order valence-electron chi connectivity index (χ4n) is 5.11. The number of hydrogen-bond donors (Lipinski definition) is 3. The van der Waals surface area contributed by atoms with E-state index in [-0.39, 0.29) is 17.0 Å². The van der Waals surface area contributed by atoms with E-state index >= 15 is 0 Å².